The van der Waals surface area contributed by atoms with Gasteiger partial charge in [0.15, 0.2) is 11.5 Å². The Morgan fingerprint density at radius 2 is 1.59 bits per heavy atom. The molecule has 2 fully saturated rings. The zero-order chi connectivity index (χ0) is 36.9. The second-order valence-corrected chi connectivity index (χ2v) is 13.5. The van der Waals surface area contributed by atoms with Crippen molar-refractivity contribution in [2.24, 2.45) is 5.92 Å². The van der Waals surface area contributed by atoms with Crippen LogP contribution in [0.25, 0.3) is 0 Å². The largest absolute Gasteiger partial charge is 0.495 e. The number of imide groups is 1. The molecule has 5 rings (SSSR count). The summed E-state index contributed by atoms with van der Waals surface area (Å²) in [6, 6.07) is 15.9. The number of carboxylic acid groups (broad SMARTS) is 1. The first kappa shape index (κ1) is 37.0. The second-order valence-electron chi connectivity index (χ2n) is 13.5. The maximum atomic E-state index is 14.2. The lowest BCUT2D eigenvalue weighted by Gasteiger charge is -2.29. The predicted octanol–water partition coefficient (Wildman–Crippen LogP) is 6.18. The molecule has 51 heavy (non-hydrogen) atoms. The fraction of sp³-hybridized carbons (Fsp3) is 0.421. The normalized spacial score (nSPS) is 16.4. The zero-order valence-corrected chi connectivity index (χ0v) is 29.9. The molecule has 3 aromatic carbocycles. The Balaban J connectivity index is 1.33. The van der Waals surface area contributed by atoms with Gasteiger partial charge in [0.25, 0.3) is 5.91 Å². The van der Waals surface area contributed by atoms with Crippen molar-refractivity contribution in [2.75, 3.05) is 38.5 Å². The molecule has 13 heteroatoms. The molecule has 1 saturated heterocycles. The molecule has 13 nitrogen and oxygen atoms in total. The summed E-state index contributed by atoms with van der Waals surface area (Å²) in [4.78, 5) is 55.8. The van der Waals surface area contributed by atoms with Crippen LogP contribution in [-0.2, 0) is 16.1 Å². The van der Waals surface area contributed by atoms with Gasteiger partial charge in [-0.1, -0.05) is 43.2 Å². The number of urea groups is 2. The van der Waals surface area contributed by atoms with Gasteiger partial charge in [-0.3, -0.25) is 14.5 Å². The highest BCUT2D eigenvalue weighted by atomic mass is 16.5. The van der Waals surface area contributed by atoms with Crippen LogP contribution in [0.4, 0.5) is 21.0 Å². The Labute approximate surface area is 298 Å². The number of hydrogen-bond acceptors (Lipinski definition) is 8. The summed E-state index contributed by atoms with van der Waals surface area (Å²) >= 11 is 0. The van der Waals surface area contributed by atoms with E-state index in [-0.39, 0.29) is 25.4 Å². The van der Waals surface area contributed by atoms with Crippen LogP contribution in [0.5, 0.6) is 17.2 Å². The lowest BCUT2D eigenvalue weighted by Crippen LogP contribution is -2.48. The molecule has 1 saturated carbocycles. The molecule has 4 N–H and O–H groups in total. The number of aliphatic carboxylic acids is 1. The van der Waals surface area contributed by atoms with Crippen molar-refractivity contribution in [3.05, 3.63) is 77.4 Å². The van der Waals surface area contributed by atoms with Gasteiger partial charge in [-0.25, -0.2) is 9.59 Å². The summed E-state index contributed by atoms with van der Waals surface area (Å²) < 4.78 is 16.4. The third-order valence-corrected chi connectivity index (χ3v) is 9.56. The van der Waals surface area contributed by atoms with Crippen molar-refractivity contribution in [3.63, 3.8) is 0 Å². The molecule has 1 aliphatic heterocycles. The van der Waals surface area contributed by atoms with Crippen molar-refractivity contribution in [2.45, 2.75) is 70.6 Å². The average Bonchev–Trinajstić information content (AvgIpc) is 3.91. The monoisotopic (exact) mass is 701 g/mol. The van der Waals surface area contributed by atoms with Crippen LogP contribution in [0.3, 0.4) is 0 Å². The minimum Gasteiger partial charge on any atom is -0.495 e. The van der Waals surface area contributed by atoms with E-state index in [2.05, 4.69) is 16.0 Å². The van der Waals surface area contributed by atoms with Crippen molar-refractivity contribution in [1.82, 2.24) is 15.1 Å². The van der Waals surface area contributed by atoms with Gasteiger partial charge in [0.05, 0.1) is 39.5 Å². The van der Waals surface area contributed by atoms with Crippen molar-refractivity contribution in [1.29, 1.82) is 0 Å². The van der Waals surface area contributed by atoms with E-state index < -0.39 is 35.7 Å². The average molecular weight is 702 g/mol. The number of benzene rings is 3. The first-order valence-corrected chi connectivity index (χ1v) is 17.0. The highest BCUT2D eigenvalue weighted by Gasteiger charge is 2.53. The van der Waals surface area contributed by atoms with E-state index in [0.29, 0.717) is 52.1 Å². The molecule has 5 amide bonds. The maximum absolute atomic E-state index is 14.2. The molecule has 0 spiro atoms. The van der Waals surface area contributed by atoms with E-state index in [1.54, 1.807) is 55.1 Å². The number of carbonyl (C=O) groups excluding carboxylic acids is 3. The Hall–Kier alpha value is -5.30. The van der Waals surface area contributed by atoms with Gasteiger partial charge in [-0.2, -0.15) is 0 Å². The lowest BCUT2D eigenvalue weighted by molar-refractivity contribution is -0.138. The number of carboxylic acids is 1. The molecule has 0 radical (unpaired) electrons. The van der Waals surface area contributed by atoms with Gasteiger partial charge in [-0.05, 0) is 80.1 Å². The van der Waals surface area contributed by atoms with Gasteiger partial charge in [0, 0.05) is 24.8 Å². The SMILES string of the molecule is COc1cc(CN2C(=O)N([C@H](CN[C@@H](CC(=O)O)c3ccc(OC)c(OC)c3)CC3CC3)C(=O)C2(C)C)ccc1NC(=O)Nc1ccccc1C. The number of methoxy groups -OCH3 is 3. The Bertz CT molecular complexity index is 1770. The van der Waals surface area contributed by atoms with E-state index in [1.807, 2.05) is 31.2 Å². The summed E-state index contributed by atoms with van der Waals surface area (Å²) in [5.41, 5.74) is 2.28. The van der Waals surface area contributed by atoms with Crippen LogP contribution < -0.4 is 30.2 Å². The smallest absolute Gasteiger partial charge is 0.328 e. The molecule has 0 unspecified atom stereocenters. The summed E-state index contributed by atoms with van der Waals surface area (Å²) in [5.74, 6) is 0.445. The zero-order valence-electron chi connectivity index (χ0n) is 29.9. The number of nitrogens with one attached hydrogen (secondary N) is 3. The van der Waals surface area contributed by atoms with E-state index in [9.17, 15) is 24.3 Å². The molecular formula is C38H47N5O8. The fourth-order valence-corrected chi connectivity index (χ4v) is 6.41. The molecule has 2 aliphatic rings. The minimum atomic E-state index is -1.15. The van der Waals surface area contributed by atoms with Gasteiger partial charge in [0.1, 0.15) is 11.3 Å². The van der Waals surface area contributed by atoms with E-state index >= 15 is 0 Å². The topological polar surface area (TPSA) is 159 Å². The molecule has 1 aliphatic carbocycles. The van der Waals surface area contributed by atoms with Gasteiger partial charge >= 0.3 is 18.0 Å². The van der Waals surface area contributed by atoms with Crippen LogP contribution in [0, 0.1) is 12.8 Å². The van der Waals surface area contributed by atoms with Crippen molar-refractivity contribution < 1.29 is 38.5 Å². The fourth-order valence-electron chi connectivity index (χ4n) is 6.41. The first-order valence-electron chi connectivity index (χ1n) is 17.0. The number of para-hydroxylation sites is 1. The van der Waals surface area contributed by atoms with Crippen LogP contribution in [0.15, 0.2) is 60.7 Å². The van der Waals surface area contributed by atoms with Crippen LogP contribution >= 0.6 is 0 Å². The van der Waals surface area contributed by atoms with Crippen LogP contribution in [0.1, 0.15) is 62.3 Å². The molecule has 3 aromatic rings. The van der Waals surface area contributed by atoms with E-state index in [4.69, 9.17) is 14.2 Å². The molecular weight excluding hydrogens is 654 g/mol. The number of nitrogens with zero attached hydrogens (tertiary/aromatic N) is 2. The van der Waals surface area contributed by atoms with Crippen LogP contribution in [-0.4, -0.2) is 78.3 Å². The highest BCUT2D eigenvalue weighted by molar-refractivity contribution is 6.07. The van der Waals surface area contributed by atoms with Crippen molar-refractivity contribution >= 4 is 35.3 Å². The molecule has 0 aromatic heterocycles. The molecule has 2 atom stereocenters. The Morgan fingerprint density at radius 1 is 0.902 bits per heavy atom. The molecule has 272 valence electrons. The maximum Gasteiger partial charge on any atom is 0.328 e. The number of aryl methyl sites for hydroxylation is 1. The summed E-state index contributed by atoms with van der Waals surface area (Å²) in [5, 5.41) is 18.8. The predicted molar refractivity (Wildman–Crippen MR) is 192 cm³/mol. The number of carbonyl (C=O) groups is 4. The molecule has 1 heterocycles. The van der Waals surface area contributed by atoms with Gasteiger partial charge in [-0.15, -0.1) is 0 Å². The van der Waals surface area contributed by atoms with E-state index in [1.165, 1.54) is 26.2 Å². The Kier molecular flexibility index (Phi) is 11.4. The van der Waals surface area contributed by atoms with Gasteiger partial charge in [0.2, 0.25) is 0 Å². The second kappa shape index (κ2) is 15.7. The molecule has 0 bridgehead atoms. The third kappa shape index (κ3) is 8.54. The van der Waals surface area contributed by atoms with Crippen LogP contribution in [0.2, 0.25) is 0 Å². The quantitative estimate of drug-likeness (QED) is 0.128. The summed E-state index contributed by atoms with van der Waals surface area (Å²) in [6.07, 6.45) is 2.42. The summed E-state index contributed by atoms with van der Waals surface area (Å²) in [7, 11) is 4.53. The minimum absolute atomic E-state index is 0.122. The number of ether oxygens (including phenoxy) is 3. The Morgan fingerprint density at radius 3 is 2.24 bits per heavy atom. The first-order chi connectivity index (χ1) is 24.4. The van der Waals surface area contributed by atoms with E-state index in [0.717, 1.165) is 18.4 Å². The number of hydrogen-bond donors (Lipinski definition) is 4. The van der Waals surface area contributed by atoms with Crippen molar-refractivity contribution in [3.8, 4) is 17.2 Å². The summed E-state index contributed by atoms with van der Waals surface area (Å²) in [6.45, 7) is 5.70. The number of anilines is 2. The highest BCUT2D eigenvalue weighted by Crippen LogP contribution is 2.39. The standard InChI is InChI=1S/C38H47N5O8/c1-23-9-7-8-10-28(23)40-36(47)41-29-15-13-25(18-32(29)50-5)22-42-37(48)43(35(46)38(42,2)3)27(17-24-11-12-24)21-39-30(20-34(44)45)26-14-16-31(49-4)33(19-26)51-6/h7-10,13-16,18-19,24,27,30,39H,11-12,17,20-22H2,1-6H3,(H,44,45)(H2,40,41,47)/t27-,30-/m0/s1. The lowest BCUT2D eigenvalue weighted by atomic mass is 10.00. The number of amides is 5. The number of rotatable bonds is 16. The third-order valence-electron chi connectivity index (χ3n) is 9.56. The van der Waals surface area contributed by atoms with Gasteiger partial charge < -0.3 is 40.2 Å².